The number of amides is 2. The maximum absolute atomic E-state index is 12.7. The number of anilines is 2. The molecule has 4 N–H and O–H groups in total. The zero-order valence-electron chi connectivity index (χ0n) is 25.7. The van der Waals surface area contributed by atoms with Crippen LogP contribution in [-0.4, -0.2) is 62.4 Å². The van der Waals surface area contributed by atoms with Crippen molar-refractivity contribution in [2.24, 2.45) is 0 Å². The van der Waals surface area contributed by atoms with Gasteiger partial charge in [-0.3, -0.25) is 9.59 Å². The summed E-state index contributed by atoms with van der Waals surface area (Å²) in [5.74, 6) is -1.15. The maximum Gasteiger partial charge on any atom is 0.418 e. The van der Waals surface area contributed by atoms with Crippen LogP contribution in [0.2, 0.25) is 0 Å². The number of aromatic nitrogens is 8. The molecule has 17 nitrogen and oxygen atoms in total. The number of carbonyl (C=O) groups excluding carboxylic acids is 2. The second-order valence-corrected chi connectivity index (χ2v) is 11.2. The molecular formula is C32H25N10O7P. The van der Waals surface area contributed by atoms with Crippen molar-refractivity contribution in [2.45, 2.75) is 12.8 Å². The van der Waals surface area contributed by atoms with E-state index in [1.54, 1.807) is 60.7 Å². The molecule has 0 unspecified atom stereocenters. The number of hydrogen-bond donors (Lipinski definition) is 4. The van der Waals surface area contributed by atoms with Gasteiger partial charge in [-0.25, -0.2) is 14.5 Å². The molecule has 0 radical (unpaired) electrons. The van der Waals surface area contributed by atoms with Gasteiger partial charge in [-0.15, -0.1) is 10.2 Å². The minimum atomic E-state index is -3.11. The van der Waals surface area contributed by atoms with Crippen molar-refractivity contribution in [2.75, 3.05) is 10.6 Å². The SMILES string of the molecule is O=C(Cc1cccc(O[PH](=O)Oc2cccc(CC(=O)Nc3cnc(-c4cccnn4)nc3O)c2)c1)Nc1cnc(-c2cccnn2)nc1O. The lowest BCUT2D eigenvalue weighted by Crippen LogP contribution is -2.15. The summed E-state index contributed by atoms with van der Waals surface area (Å²) in [5.41, 5.74) is 1.78. The number of nitrogens with zero attached hydrogens (tertiary/aromatic N) is 8. The van der Waals surface area contributed by atoms with Crippen molar-refractivity contribution < 1.29 is 33.4 Å². The number of aromatic hydroxyl groups is 2. The average Bonchev–Trinajstić information content (AvgIpc) is 3.11. The Hall–Kier alpha value is -6.87. The van der Waals surface area contributed by atoms with Crippen molar-refractivity contribution in [1.82, 2.24) is 40.3 Å². The van der Waals surface area contributed by atoms with Gasteiger partial charge in [-0.05, 0) is 59.7 Å². The van der Waals surface area contributed by atoms with Crippen molar-refractivity contribution in [3.8, 4) is 46.3 Å². The van der Waals surface area contributed by atoms with Crippen LogP contribution in [0.5, 0.6) is 23.3 Å². The Morgan fingerprint density at radius 1 is 0.660 bits per heavy atom. The molecular weight excluding hydrogens is 667 g/mol. The van der Waals surface area contributed by atoms with Crippen LogP contribution in [0.15, 0.2) is 97.6 Å². The Bertz CT molecular complexity index is 2030. The van der Waals surface area contributed by atoms with Gasteiger partial charge in [0.05, 0.1) is 25.2 Å². The van der Waals surface area contributed by atoms with Gasteiger partial charge in [-0.2, -0.15) is 20.2 Å². The van der Waals surface area contributed by atoms with Gasteiger partial charge < -0.3 is 29.9 Å². The molecule has 4 heterocycles. The standard InChI is InChI=1S/C32H25N10O7P/c43-27(37-25-17-33-29(39-31(25)45)23-9-3-11-35-41-23)15-19-5-1-7-21(13-19)48-50(47)49-22-8-2-6-20(14-22)16-28(44)38-26-18-34-30(40-32(26)46)24-10-4-12-36-42-24/h1-14,17-18,50H,15-16H2,(H,37,43)(H,38,44)(H,33,39,45)(H,34,40,46). The van der Waals surface area contributed by atoms with Crippen molar-refractivity contribution in [1.29, 1.82) is 0 Å². The molecule has 0 saturated heterocycles. The summed E-state index contributed by atoms with van der Waals surface area (Å²) in [4.78, 5) is 41.5. The van der Waals surface area contributed by atoms with Crippen LogP contribution >= 0.6 is 8.25 Å². The number of hydrogen-bond acceptors (Lipinski definition) is 15. The monoisotopic (exact) mass is 692 g/mol. The molecule has 250 valence electrons. The van der Waals surface area contributed by atoms with Gasteiger partial charge in [0.1, 0.15) is 34.3 Å². The van der Waals surface area contributed by atoms with Gasteiger partial charge >= 0.3 is 8.25 Å². The van der Waals surface area contributed by atoms with E-state index in [1.807, 2.05) is 0 Å². The summed E-state index contributed by atoms with van der Waals surface area (Å²) < 4.78 is 23.7. The van der Waals surface area contributed by atoms with Crippen molar-refractivity contribution in [3.05, 3.63) is 109 Å². The Morgan fingerprint density at radius 2 is 1.12 bits per heavy atom. The molecule has 2 amide bonds. The van der Waals surface area contributed by atoms with E-state index in [9.17, 15) is 24.4 Å². The lowest BCUT2D eigenvalue weighted by molar-refractivity contribution is -0.116. The number of benzene rings is 2. The zero-order valence-corrected chi connectivity index (χ0v) is 26.7. The predicted octanol–water partition coefficient (Wildman–Crippen LogP) is 3.80. The van der Waals surface area contributed by atoms with E-state index in [0.717, 1.165) is 0 Å². The van der Waals surface area contributed by atoms with Crippen LogP contribution in [0.25, 0.3) is 23.0 Å². The summed E-state index contributed by atoms with van der Waals surface area (Å²) in [6.07, 6.45) is 5.29. The first kappa shape index (κ1) is 33.0. The zero-order chi connectivity index (χ0) is 34.9. The van der Waals surface area contributed by atoms with Gasteiger partial charge in [-0.1, -0.05) is 24.3 Å². The van der Waals surface area contributed by atoms with E-state index in [0.29, 0.717) is 22.5 Å². The third-order valence-corrected chi connectivity index (χ3v) is 7.42. The maximum atomic E-state index is 12.7. The fourth-order valence-corrected chi connectivity index (χ4v) is 5.10. The topological polar surface area (TPSA) is 237 Å². The molecule has 50 heavy (non-hydrogen) atoms. The molecule has 0 fully saturated rings. The fourth-order valence-electron chi connectivity index (χ4n) is 4.42. The van der Waals surface area contributed by atoms with Crippen molar-refractivity contribution in [3.63, 3.8) is 0 Å². The summed E-state index contributed by atoms with van der Waals surface area (Å²) in [6.45, 7) is 0. The molecule has 0 bridgehead atoms. The Labute approximate surface area is 283 Å². The van der Waals surface area contributed by atoms with Gasteiger partial charge in [0, 0.05) is 12.4 Å². The van der Waals surface area contributed by atoms with E-state index >= 15 is 0 Å². The minimum Gasteiger partial charge on any atom is -0.492 e. The highest BCUT2D eigenvalue weighted by Gasteiger charge is 2.15. The summed E-state index contributed by atoms with van der Waals surface area (Å²) >= 11 is 0. The smallest absolute Gasteiger partial charge is 0.418 e. The lowest BCUT2D eigenvalue weighted by Gasteiger charge is -2.11. The normalized spacial score (nSPS) is 10.7. The molecule has 18 heteroatoms. The van der Waals surface area contributed by atoms with Crippen LogP contribution in [0.1, 0.15) is 11.1 Å². The Morgan fingerprint density at radius 3 is 1.52 bits per heavy atom. The lowest BCUT2D eigenvalue weighted by atomic mass is 10.1. The second-order valence-electron chi connectivity index (χ2n) is 10.3. The van der Waals surface area contributed by atoms with E-state index in [-0.39, 0.29) is 47.4 Å². The van der Waals surface area contributed by atoms with Crippen LogP contribution < -0.4 is 19.7 Å². The number of rotatable bonds is 12. The van der Waals surface area contributed by atoms with E-state index in [2.05, 4.69) is 51.0 Å². The molecule has 0 aliphatic heterocycles. The Kier molecular flexibility index (Phi) is 10.1. The number of nitrogens with one attached hydrogen (secondary N) is 2. The van der Waals surface area contributed by atoms with Gasteiger partial charge in [0.2, 0.25) is 23.6 Å². The third kappa shape index (κ3) is 8.72. The minimum absolute atomic E-state index is 0.00796. The van der Waals surface area contributed by atoms with Gasteiger partial charge in [0.15, 0.2) is 11.6 Å². The molecule has 0 saturated carbocycles. The highest BCUT2D eigenvalue weighted by atomic mass is 31.1. The second kappa shape index (κ2) is 15.4. The van der Waals surface area contributed by atoms with Crippen LogP contribution in [0, 0.1) is 0 Å². The van der Waals surface area contributed by atoms with Gasteiger partial charge in [0.25, 0.3) is 0 Å². The predicted molar refractivity (Wildman–Crippen MR) is 177 cm³/mol. The summed E-state index contributed by atoms with van der Waals surface area (Å²) in [6, 6.07) is 19.3. The first-order valence-electron chi connectivity index (χ1n) is 14.6. The summed E-state index contributed by atoms with van der Waals surface area (Å²) in [5, 5.41) is 40.9. The molecule has 6 aromatic rings. The molecule has 6 rings (SSSR count). The summed E-state index contributed by atoms with van der Waals surface area (Å²) in [7, 11) is -3.11. The molecule has 0 aliphatic carbocycles. The van der Waals surface area contributed by atoms with E-state index in [1.165, 1.54) is 36.9 Å². The first-order valence-corrected chi connectivity index (χ1v) is 15.9. The molecule has 0 aliphatic rings. The number of carbonyl (C=O) groups is 2. The van der Waals surface area contributed by atoms with Crippen molar-refractivity contribution >= 4 is 31.4 Å². The molecule has 0 spiro atoms. The van der Waals surface area contributed by atoms with E-state index < -0.39 is 31.8 Å². The van der Waals surface area contributed by atoms with Crippen LogP contribution in [-0.2, 0) is 27.0 Å². The highest BCUT2D eigenvalue weighted by Crippen LogP contribution is 2.32. The average molecular weight is 693 g/mol. The largest absolute Gasteiger partial charge is 0.492 e. The Balaban J connectivity index is 1.00. The third-order valence-electron chi connectivity index (χ3n) is 6.62. The molecule has 2 aromatic carbocycles. The fraction of sp³-hybridized carbons (Fsp3) is 0.0625. The highest BCUT2D eigenvalue weighted by molar-refractivity contribution is 7.34. The molecule has 0 atom stereocenters. The van der Waals surface area contributed by atoms with Crippen LogP contribution in [0.3, 0.4) is 0 Å². The quantitative estimate of drug-likeness (QED) is 0.133. The van der Waals surface area contributed by atoms with E-state index in [4.69, 9.17) is 9.05 Å². The van der Waals surface area contributed by atoms with Crippen LogP contribution in [0.4, 0.5) is 11.4 Å². The molecule has 4 aromatic heterocycles. The first-order chi connectivity index (χ1) is 24.3.